The van der Waals surface area contributed by atoms with Crippen LogP contribution < -0.4 is 14.8 Å². The number of hydrogen-bond donors (Lipinski definition) is 4. The van der Waals surface area contributed by atoms with Crippen LogP contribution in [0.25, 0.3) is 0 Å². The number of ether oxygens (including phenoxy) is 2. The molecule has 6 rings (SSSR count). The lowest BCUT2D eigenvalue weighted by molar-refractivity contribution is -0.146. The van der Waals surface area contributed by atoms with Crippen molar-refractivity contribution in [1.82, 2.24) is 10.2 Å². The van der Waals surface area contributed by atoms with Crippen LogP contribution in [0.3, 0.4) is 0 Å². The molecule has 1 aromatic carbocycles. The van der Waals surface area contributed by atoms with Gasteiger partial charge in [-0.3, -0.25) is 9.59 Å². The van der Waals surface area contributed by atoms with Gasteiger partial charge in [-0.15, -0.1) is 6.58 Å². The predicted molar refractivity (Wildman–Crippen MR) is 163 cm³/mol. The molecule has 3 fully saturated rings. The summed E-state index contributed by atoms with van der Waals surface area (Å²) in [7, 11) is 1.51. The summed E-state index contributed by atoms with van der Waals surface area (Å²) in [5, 5.41) is 34.1. The molecule has 4 aliphatic carbocycles. The minimum absolute atomic E-state index is 0.0344. The fourth-order valence-electron chi connectivity index (χ4n) is 8.15. The molecule has 2 bridgehead atoms. The van der Waals surface area contributed by atoms with Gasteiger partial charge in [0, 0.05) is 30.6 Å². The SMILES string of the molecule is C=CCCCCC(=O)N(C[C@@H]1CC[C@H]2C[C@@H]1C2(C)C)[C@@H]1C=C(C(=O)NCCO)[C@@H]2c3cc(CO)cc(OC)c3O[C@@H]2[C@H]1O. The molecule has 4 N–H and O–H groups in total. The Labute approximate surface area is 254 Å². The first-order chi connectivity index (χ1) is 20.7. The normalized spacial score (nSPS) is 29.7. The highest BCUT2D eigenvalue weighted by molar-refractivity contribution is 5.96. The topological polar surface area (TPSA) is 129 Å². The third-order valence-corrected chi connectivity index (χ3v) is 10.7. The summed E-state index contributed by atoms with van der Waals surface area (Å²) in [5.74, 6) is 1.34. The Morgan fingerprint density at radius 1 is 1.23 bits per heavy atom. The number of nitrogens with zero attached hydrogens (tertiary/aromatic N) is 1. The van der Waals surface area contributed by atoms with E-state index in [4.69, 9.17) is 9.47 Å². The number of aliphatic hydroxyl groups is 3. The Kier molecular flexibility index (Phi) is 9.54. The van der Waals surface area contributed by atoms with E-state index < -0.39 is 24.2 Å². The van der Waals surface area contributed by atoms with Gasteiger partial charge in [-0.2, -0.15) is 0 Å². The fraction of sp³-hybridized carbons (Fsp3) is 0.647. The quantitative estimate of drug-likeness (QED) is 0.203. The third kappa shape index (κ3) is 5.83. The summed E-state index contributed by atoms with van der Waals surface area (Å²) in [4.78, 5) is 29.4. The zero-order valence-electron chi connectivity index (χ0n) is 25.8. The van der Waals surface area contributed by atoms with E-state index in [9.17, 15) is 24.9 Å². The summed E-state index contributed by atoms with van der Waals surface area (Å²) in [5.41, 5.74) is 1.86. The predicted octanol–water partition coefficient (Wildman–Crippen LogP) is 3.46. The number of hydrogen-bond acceptors (Lipinski definition) is 7. The number of carbonyl (C=O) groups is 2. The standard InChI is InChI=1S/C34H48N2O7/c1-5-6-7-8-9-28(39)36(18-21-10-11-22-16-25(21)34(22,2)3)26-17-24(33(41)35-12-13-37)29-23-14-20(19-38)15-27(42-4)31(23)43-32(29)30(26)40/h5,14-15,17,21-22,25-26,29-30,32,37-38,40H,1,6-13,16,18-19H2,2-4H3,(H,35,41)/t21-,22-,25-,26+,29-,30-,32-/m0/s1. The largest absolute Gasteiger partial charge is 0.493 e. The number of nitrogens with one attached hydrogen (secondary N) is 1. The fourth-order valence-corrected chi connectivity index (χ4v) is 8.15. The molecule has 5 aliphatic rings. The van der Waals surface area contributed by atoms with Crippen LogP contribution in [0.2, 0.25) is 0 Å². The van der Waals surface area contributed by atoms with Gasteiger partial charge >= 0.3 is 0 Å². The highest BCUT2D eigenvalue weighted by atomic mass is 16.5. The first-order valence-corrected chi connectivity index (χ1v) is 15.8. The minimum Gasteiger partial charge on any atom is -0.493 e. The van der Waals surface area contributed by atoms with Gasteiger partial charge < -0.3 is 35.0 Å². The molecule has 0 aromatic heterocycles. The zero-order valence-corrected chi connectivity index (χ0v) is 25.8. The van der Waals surface area contributed by atoms with E-state index >= 15 is 0 Å². The van der Waals surface area contributed by atoms with Crippen LogP contribution in [-0.4, -0.2) is 77.1 Å². The lowest BCUT2D eigenvalue weighted by atomic mass is 9.45. The Hall–Kier alpha value is -2.88. The molecule has 0 unspecified atom stereocenters. The van der Waals surface area contributed by atoms with Crippen molar-refractivity contribution >= 4 is 11.8 Å². The molecular formula is C34H48N2O7. The summed E-state index contributed by atoms with van der Waals surface area (Å²) in [6.07, 6.45) is 7.79. The zero-order chi connectivity index (χ0) is 30.9. The van der Waals surface area contributed by atoms with Gasteiger partial charge in [-0.25, -0.2) is 0 Å². The second-order valence-corrected chi connectivity index (χ2v) is 13.3. The number of rotatable bonds is 13. The third-order valence-electron chi connectivity index (χ3n) is 10.7. The van der Waals surface area contributed by atoms with Crippen molar-refractivity contribution in [2.75, 3.05) is 26.8 Å². The first kappa shape index (κ1) is 31.5. The Balaban J connectivity index is 1.53. The summed E-state index contributed by atoms with van der Waals surface area (Å²) in [6, 6.07) is 2.70. The maximum absolute atomic E-state index is 14.0. The monoisotopic (exact) mass is 596 g/mol. The van der Waals surface area contributed by atoms with Gasteiger partial charge in [0.2, 0.25) is 11.8 Å². The van der Waals surface area contributed by atoms with Crippen LogP contribution in [-0.2, 0) is 16.2 Å². The van der Waals surface area contributed by atoms with E-state index in [0.29, 0.717) is 59.4 Å². The minimum atomic E-state index is -1.10. The Bertz CT molecular complexity index is 1240. The number of aliphatic hydroxyl groups excluding tert-OH is 3. The van der Waals surface area contributed by atoms with Gasteiger partial charge in [-0.05, 0) is 85.5 Å². The number of fused-ring (bicyclic) bond motifs is 5. The average molecular weight is 597 g/mol. The summed E-state index contributed by atoms with van der Waals surface area (Å²) in [6.45, 7) is 8.60. The average Bonchev–Trinajstić information content (AvgIpc) is 3.40. The van der Waals surface area contributed by atoms with Gasteiger partial charge in [0.25, 0.3) is 0 Å². The molecule has 43 heavy (non-hydrogen) atoms. The van der Waals surface area contributed by atoms with E-state index in [2.05, 4.69) is 25.7 Å². The lowest BCUT2D eigenvalue weighted by Gasteiger charge is -2.61. The molecule has 0 saturated heterocycles. The number of methoxy groups -OCH3 is 1. The second kappa shape index (κ2) is 13.0. The number of amides is 2. The van der Waals surface area contributed by atoms with E-state index in [1.165, 1.54) is 13.5 Å². The van der Waals surface area contributed by atoms with Crippen molar-refractivity contribution in [2.45, 2.75) is 89.6 Å². The molecule has 0 spiro atoms. The summed E-state index contributed by atoms with van der Waals surface area (Å²) >= 11 is 0. The molecule has 7 atom stereocenters. The highest BCUT2D eigenvalue weighted by Crippen LogP contribution is 2.61. The van der Waals surface area contributed by atoms with Crippen molar-refractivity contribution in [3.63, 3.8) is 0 Å². The molecule has 2 amide bonds. The van der Waals surface area contributed by atoms with Crippen LogP contribution in [0.4, 0.5) is 0 Å². The number of unbranched alkanes of at least 4 members (excludes halogenated alkanes) is 2. The van der Waals surface area contributed by atoms with Crippen molar-refractivity contribution in [2.24, 2.45) is 23.2 Å². The van der Waals surface area contributed by atoms with Crippen molar-refractivity contribution < 1.29 is 34.4 Å². The van der Waals surface area contributed by atoms with Gasteiger partial charge in [0.15, 0.2) is 11.5 Å². The van der Waals surface area contributed by atoms with E-state index in [-0.39, 0.29) is 37.0 Å². The Morgan fingerprint density at radius 3 is 2.67 bits per heavy atom. The van der Waals surface area contributed by atoms with Gasteiger partial charge in [0.1, 0.15) is 12.2 Å². The molecule has 3 saturated carbocycles. The number of allylic oxidation sites excluding steroid dienone is 1. The molecule has 0 radical (unpaired) electrons. The second-order valence-electron chi connectivity index (χ2n) is 13.3. The number of benzene rings is 1. The highest BCUT2D eigenvalue weighted by Gasteiger charge is 2.56. The molecule has 9 heteroatoms. The molecule has 1 heterocycles. The molecule has 1 aromatic rings. The molecule has 9 nitrogen and oxygen atoms in total. The molecular weight excluding hydrogens is 548 g/mol. The van der Waals surface area contributed by atoms with Crippen molar-refractivity contribution in [3.8, 4) is 11.5 Å². The maximum Gasteiger partial charge on any atom is 0.247 e. The lowest BCUT2D eigenvalue weighted by Crippen LogP contribution is -2.59. The van der Waals surface area contributed by atoms with Gasteiger partial charge in [-0.1, -0.05) is 19.9 Å². The number of carbonyl (C=O) groups excluding carboxylic acids is 2. The Morgan fingerprint density at radius 2 is 2.02 bits per heavy atom. The van der Waals surface area contributed by atoms with Crippen LogP contribution in [0.1, 0.15) is 75.8 Å². The van der Waals surface area contributed by atoms with Crippen LogP contribution in [0.5, 0.6) is 11.5 Å². The van der Waals surface area contributed by atoms with Crippen LogP contribution in [0.15, 0.2) is 36.4 Å². The van der Waals surface area contributed by atoms with Crippen molar-refractivity contribution in [3.05, 3.63) is 47.6 Å². The molecule has 1 aliphatic heterocycles. The van der Waals surface area contributed by atoms with E-state index in [0.717, 1.165) is 31.6 Å². The van der Waals surface area contributed by atoms with Crippen LogP contribution in [0, 0.1) is 23.2 Å². The molecule has 236 valence electrons. The van der Waals surface area contributed by atoms with Crippen LogP contribution >= 0.6 is 0 Å². The first-order valence-electron chi connectivity index (χ1n) is 15.8. The van der Waals surface area contributed by atoms with E-state index in [1.807, 2.05) is 11.0 Å². The summed E-state index contributed by atoms with van der Waals surface area (Å²) < 4.78 is 12.0. The maximum atomic E-state index is 14.0. The van der Waals surface area contributed by atoms with E-state index in [1.54, 1.807) is 18.2 Å². The smallest absolute Gasteiger partial charge is 0.247 e. The van der Waals surface area contributed by atoms with Crippen molar-refractivity contribution in [1.29, 1.82) is 0 Å². The van der Waals surface area contributed by atoms with Gasteiger partial charge in [0.05, 0.1) is 32.3 Å².